The van der Waals surface area contributed by atoms with Gasteiger partial charge in [-0.1, -0.05) is 141 Å². The van der Waals surface area contributed by atoms with Gasteiger partial charge in [0.05, 0.1) is 16.7 Å². The van der Waals surface area contributed by atoms with Crippen LogP contribution in [0, 0.1) is 12.8 Å². The van der Waals surface area contributed by atoms with Gasteiger partial charge in [0.1, 0.15) is 0 Å². The summed E-state index contributed by atoms with van der Waals surface area (Å²) in [4.78, 5) is 2.49. The van der Waals surface area contributed by atoms with Crippen molar-refractivity contribution in [2.75, 3.05) is 4.90 Å². The van der Waals surface area contributed by atoms with Crippen molar-refractivity contribution in [2.45, 2.75) is 13.3 Å². The molecule has 2 aromatic heterocycles. The van der Waals surface area contributed by atoms with Gasteiger partial charge in [0, 0.05) is 53.6 Å². The topological polar surface area (TPSA) is 8.17 Å². The van der Waals surface area contributed by atoms with Gasteiger partial charge in [-0.2, -0.15) is 0 Å². The van der Waals surface area contributed by atoms with Gasteiger partial charge < -0.3 is 9.47 Å². The van der Waals surface area contributed by atoms with Crippen molar-refractivity contribution in [3.8, 4) is 57.4 Å². The van der Waals surface area contributed by atoms with E-state index in [9.17, 15) is 0 Å². The maximum absolute atomic E-state index is 4.15. The van der Waals surface area contributed by atoms with Crippen LogP contribution in [0.5, 0.6) is 0 Å². The quantitative estimate of drug-likeness (QED) is 0.110. The molecule has 0 atom stereocenters. The van der Waals surface area contributed by atoms with E-state index in [4.69, 9.17) is 0 Å². The molecule has 61 heavy (non-hydrogen) atoms. The zero-order valence-corrected chi connectivity index (χ0v) is 34.8. The predicted octanol–water partition coefficient (Wildman–Crippen LogP) is 16.6. The molecule has 1 aliphatic rings. The van der Waals surface area contributed by atoms with E-state index in [-0.39, 0.29) is 0 Å². The largest absolute Gasteiger partial charge is 0.310 e. The normalized spacial score (nSPS) is 11.8. The van der Waals surface area contributed by atoms with E-state index < -0.39 is 0 Å². The Kier molecular flexibility index (Phi) is 9.57. The fourth-order valence-corrected chi connectivity index (χ4v) is 10.7. The Morgan fingerprint density at radius 3 is 1.92 bits per heavy atom. The molecule has 0 aliphatic heterocycles. The molecule has 0 saturated heterocycles. The third-order valence-corrected chi connectivity index (χ3v) is 13.2. The van der Waals surface area contributed by atoms with E-state index in [0.717, 1.165) is 40.1 Å². The summed E-state index contributed by atoms with van der Waals surface area (Å²) in [5, 5.41) is 5.00. The number of thiophene rings is 1. The molecule has 0 spiro atoms. The highest BCUT2D eigenvalue weighted by Crippen LogP contribution is 2.52. The van der Waals surface area contributed by atoms with Gasteiger partial charge >= 0.3 is 0 Å². The van der Waals surface area contributed by atoms with Gasteiger partial charge in [-0.05, 0) is 118 Å². The molecule has 11 rings (SSSR count). The molecule has 2 bridgehead atoms. The molecule has 2 heterocycles. The van der Waals surface area contributed by atoms with Crippen LogP contribution in [-0.4, -0.2) is 4.57 Å². The zero-order chi connectivity index (χ0) is 41.6. The number of aromatic nitrogens is 1. The number of terminal acetylenes is 1. The molecule has 0 amide bonds. The number of fused-ring (bicyclic) bond motifs is 13. The van der Waals surface area contributed by atoms with Crippen LogP contribution >= 0.6 is 11.3 Å². The maximum Gasteiger partial charge on any atom is 0.0547 e. The summed E-state index contributed by atoms with van der Waals surface area (Å²) in [6, 6.07) is 62.8. The lowest BCUT2D eigenvalue weighted by Gasteiger charge is -2.30. The smallest absolute Gasteiger partial charge is 0.0547 e. The molecule has 2 nitrogen and oxygen atoms in total. The van der Waals surface area contributed by atoms with Gasteiger partial charge in [0.2, 0.25) is 0 Å². The fraction of sp³-hybridized carbons (Fsp3) is 0.0345. The number of anilines is 3. The Morgan fingerprint density at radius 1 is 0.574 bits per heavy atom. The molecule has 8 aromatic carbocycles. The van der Waals surface area contributed by atoms with Crippen LogP contribution in [0.2, 0.25) is 0 Å². The van der Waals surface area contributed by atoms with E-state index in [1.165, 1.54) is 81.1 Å². The zero-order valence-electron chi connectivity index (χ0n) is 34.0. The minimum Gasteiger partial charge on any atom is -0.310 e. The molecule has 0 unspecified atom stereocenters. The number of allylic oxidation sites excluding steroid dienone is 4. The molecule has 1 aliphatic carbocycles. The lowest BCUT2D eigenvalue weighted by atomic mass is 9.90. The van der Waals surface area contributed by atoms with Gasteiger partial charge in [-0.25, -0.2) is 0 Å². The fourth-order valence-electron chi connectivity index (χ4n) is 9.59. The second-order valence-corrected chi connectivity index (χ2v) is 16.3. The third kappa shape index (κ3) is 5.95. The maximum atomic E-state index is 4.15. The molecule has 0 fully saturated rings. The number of nitrogens with zero attached hydrogens (tertiary/aromatic N) is 2. The van der Waals surface area contributed by atoms with E-state index in [2.05, 4.69) is 212 Å². The van der Waals surface area contributed by atoms with Gasteiger partial charge in [0.25, 0.3) is 0 Å². The molecular weight excluding hydrogens is 757 g/mol. The summed E-state index contributed by atoms with van der Waals surface area (Å²) in [6.07, 6.45) is 14.7. The number of hydrogen-bond donors (Lipinski definition) is 0. The lowest BCUT2D eigenvalue weighted by molar-refractivity contribution is 1.14. The van der Waals surface area contributed by atoms with Crippen molar-refractivity contribution < 1.29 is 0 Å². The van der Waals surface area contributed by atoms with Crippen LogP contribution in [0.1, 0.15) is 12.5 Å². The first-order valence-electron chi connectivity index (χ1n) is 20.6. The van der Waals surface area contributed by atoms with Crippen LogP contribution in [0.25, 0.3) is 92.2 Å². The summed E-state index contributed by atoms with van der Waals surface area (Å²) in [5.41, 5.74) is 18.1. The Hall–Kier alpha value is -7.64. The second-order valence-electron chi connectivity index (χ2n) is 15.2. The SMILES string of the molecule is C#C.C=C/C=C(\C=C)n1c2ccccc2c2c(-c3ccc(N(c4ccc5sc6ccccc6c5c4)c4ccc5c(CC)c4-c4ccccc4-c4ccccc4-5)cc3)cccc21. The number of hydrogen-bond acceptors (Lipinski definition) is 2. The van der Waals surface area contributed by atoms with Crippen LogP contribution < -0.4 is 4.90 Å². The van der Waals surface area contributed by atoms with Crippen molar-refractivity contribution in [3.05, 3.63) is 207 Å². The highest BCUT2D eigenvalue weighted by Gasteiger charge is 2.28. The molecule has 0 N–H and O–H groups in total. The van der Waals surface area contributed by atoms with Gasteiger partial charge in [0.15, 0.2) is 0 Å². The van der Waals surface area contributed by atoms with E-state index in [1.807, 2.05) is 29.6 Å². The first-order chi connectivity index (χ1) is 30.2. The minimum absolute atomic E-state index is 0.912. The average molecular weight is 799 g/mol. The van der Waals surface area contributed by atoms with Gasteiger partial charge in [-0.15, -0.1) is 24.2 Å². The number of para-hydroxylation sites is 1. The number of rotatable bonds is 8. The van der Waals surface area contributed by atoms with Crippen molar-refractivity contribution >= 4 is 76.1 Å². The summed E-state index contributed by atoms with van der Waals surface area (Å²) in [6.45, 7) is 10.4. The Balaban J connectivity index is 0.00000220. The molecule has 0 radical (unpaired) electrons. The lowest BCUT2D eigenvalue weighted by Crippen LogP contribution is -2.12. The Morgan fingerprint density at radius 2 is 1.18 bits per heavy atom. The molecule has 10 aromatic rings. The highest BCUT2D eigenvalue weighted by atomic mass is 32.1. The van der Waals surface area contributed by atoms with Crippen LogP contribution in [0.15, 0.2) is 201 Å². The first kappa shape index (κ1) is 37.6. The third-order valence-electron chi connectivity index (χ3n) is 12.1. The van der Waals surface area contributed by atoms with E-state index >= 15 is 0 Å². The highest BCUT2D eigenvalue weighted by molar-refractivity contribution is 7.25. The summed E-state index contributed by atoms with van der Waals surface area (Å²) in [7, 11) is 0. The summed E-state index contributed by atoms with van der Waals surface area (Å²) < 4.78 is 4.90. The van der Waals surface area contributed by atoms with Crippen molar-refractivity contribution in [3.63, 3.8) is 0 Å². The molecule has 0 saturated carbocycles. The standard InChI is InChI=1S/C56H40N2S.C2H2/c1-4-16-37(5-2)58-50-24-13-11-22-48(50)56-41(23-15-25-51(56)58)36-27-29-38(30-28-36)57(39-31-34-54-49(35-39)46-20-12-14-26-53(46)59-54)52-33-32-45-40(6-3)55(52)47-21-10-9-19-44(47)42-17-7-8-18-43(42)45;1-2/h4-5,7-35H,1-2,6H2,3H3;1-2H/b37-16+;. The van der Waals surface area contributed by atoms with Crippen LogP contribution in [0.3, 0.4) is 0 Å². The Labute approximate surface area is 361 Å². The van der Waals surface area contributed by atoms with Crippen LogP contribution in [-0.2, 0) is 6.42 Å². The predicted molar refractivity (Wildman–Crippen MR) is 266 cm³/mol. The number of benzene rings is 8. The van der Waals surface area contributed by atoms with Crippen LogP contribution in [0.4, 0.5) is 17.1 Å². The van der Waals surface area contributed by atoms with Gasteiger partial charge in [-0.3, -0.25) is 0 Å². The monoisotopic (exact) mass is 798 g/mol. The van der Waals surface area contributed by atoms with E-state index in [1.54, 1.807) is 0 Å². The molecule has 3 heteroatoms. The molecule has 290 valence electrons. The average Bonchev–Trinajstić information content (AvgIpc) is 3.85. The van der Waals surface area contributed by atoms with Crippen molar-refractivity contribution in [1.29, 1.82) is 0 Å². The molecular formula is C58H42N2S. The Bertz CT molecular complexity index is 3410. The van der Waals surface area contributed by atoms with Crippen molar-refractivity contribution in [2.24, 2.45) is 0 Å². The second kappa shape index (κ2) is 15.5. The van der Waals surface area contributed by atoms with E-state index in [0.29, 0.717) is 0 Å². The summed E-state index contributed by atoms with van der Waals surface area (Å²) >= 11 is 1.86. The minimum atomic E-state index is 0.912. The summed E-state index contributed by atoms with van der Waals surface area (Å²) in [5.74, 6) is 0. The van der Waals surface area contributed by atoms with Crippen molar-refractivity contribution in [1.82, 2.24) is 4.57 Å². The first-order valence-corrected chi connectivity index (χ1v) is 21.5.